The maximum absolute atomic E-state index is 12.3. The molecule has 0 saturated carbocycles. The van der Waals surface area contributed by atoms with Gasteiger partial charge in [-0.15, -0.1) is 0 Å². The van der Waals surface area contributed by atoms with E-state index in [-0.39, 0.29) is 12.5 Å². The number of amides is 1. The van der Waals surface area contributed by atoms with Crippen LogP contribution in [0.3, 0.4) is 0 Å². The van der Waals surface area contributed by atoms with Gasteiger partial charge in [0, 0.05) is 11.6 Å². The summed E-state index contributed by atoms with van der Waals surface area (Å²) in [5.74, 6) is -0.156. The molecule has 0 radical (unpaired) electrons. The van der Waals surface area contributed by atoms with Crippen LogP contribution in [0, 0.1) is 13.8 Å². The number of hydrogen-bond donors (Lipinski definition) is 2. The molecule has 1 heterocycles. The van der Waals surface area contributed by atoms with E-state index in [9.17, 15) is 4.79 Å². The molecule has 0 unspecified atom stereocenters. The Morgan fingerprint density at radius 3 is 2.75 bits per heavy atom. The van der Waals surface area contributed by atoms with Crippen LogP contribution < -0.4 is 10.6 Å². The van der Waals surface area contributed by atoms with Crippen LogP contribution in [-0.2, 0) is 4.79 Å². The number of fused-ring (bicyclic) bond motifs is 1. The van der Waals surface area contributed by atoms with Crippen molar-refractivity contribution in [3.05, 3.63) is 64.8 Å². The Labute approximate surface area is 145 Å². The zero-order chi connectivity index (χ0) is 17.1. The van der Waals surface area contributed by atoms with Crippen LogP contribution in [0.1, 0.15) is 11.1 Å². The van der Waals surface area contributed by atoms with Gasteiger partial charge < -0.3 is 10.6 Å². The third-order valence-electron chi connectivity index (χ3n) is 3.77. The second-order valence-corrected chi connectivity index (χ2v) is 6.13. The molecular weight excluding hydrogens is 322 g/mol. The van der Waals surface area contributed by atoms with Crippen molar-refractivity contribution >= 4 is 39.8 Å². The maximum Gasteiger partial charge on any atom is 0.243 e. The minimum Gasteiger partial charge on any atom is -0.374 e. The molecule has 2 aromatic carbocycles. The fraction of sp³-hybridized carbons (Fsp3) is 0.158. The Morgan fingerprint density at radius 2 is 1.96 bits per heavy atom. The number of carbonyl (C=O) groups excluding carboxylic acids is 1. The molecule has 4 nitrogen and oxygen atoms in total. The van der Waals surface area contributed by atoms with E-state index in [2.05, 4.69) is 15.6 Å². The SMILES string of the molecule is Cc1cc(C)c(NC(=O)CNc2cccc3cccnc23)c(Cl)c1. The fourth-order valence-electron chi connectivity index (χ4n) is 2.68. The van der Waals surface area contributed by atoms with Gasteiger partial charge in [-0.3, -0.25) is 9.78 Å². The number of nitrogens with one attached hydrogen (secondary N) is 2. The first-order valence-corrected chi connectivity index (χ1v) is 8.06. The van der Waals surface area contributed by atoms with Gasteiger partial charge in [-0.2, -0.15) is 0 Å². The molecule has 0 fully saturated rings. The molecule has 3 aromatic rings. The third-order valence-corrected chi connectivity index (χ3v) is 4.07. The number of carbonyl (C=O) groups is 1. The highest BCUT2D eigenvalue weighted by Crippen LogP contribution is 2.27. The van der Waals surface area contributed by atoms with Crippen molar-refractivity contribution in [1.29, 1.82) is 0 Å². The van der Waals surface area contributed by atoms with Gasteiger partial charge in [0.2, 0.25) is 5.91 Å². The number of benzene rings is 2. The molecular formula is C19H18ClN3O. The zero-order valence-electron chi connectivity index (χ0n) is 13.6. The van der Waals surface area contributed by atoms with Crippen molar-refractivity contribution < 1.29 is 4.79 Å². The van der Waals surface area contributed by atoms with Crippen LogP contribution in [0.15, 0.2) is 48.7 Å². The van der Waals surface area contributed by atoms with Gasteiger partial charge in [-0.25, -0.2) is 0 Å². The van der Waals surface area contributed by atoms with Crippen molar-refractivity contribution in [2.75, 3.05) is 17.2 Å². The van der Waals surface area contributed by atoms with Crippen molar-refractivity contribution in [3.63, 3.8) is 0 Å². The summed E-state index contributed by atoms with van der Waals surface area (Å²) in [6.45, 7) is 4.04. The molecule has 0 atom stereocenters. The van der Waals surface area contributed by atoms with Crippen LogP contribution in [0.4, 0.5) is 11.4 Å². The maximum atomic E-state index is 12.3. The van der Waals surface area contributed by atoms with E-state index in [0.29, 0.717) is 10.7 Å². The van der Waals surface area contributed by atoms with Gasteiger partial charge >= 0.3 is 0 Å². The molecule has 122 valence electrons. The van der Waals surface area contributed by atoms with E-state index in [1.165, 1.54) is 0 Å². The standard InChI is InChI=1S/C19H18ClN3O/c1-12-9-13(2)18(15(20)10-12)23-17(24)11-22-16-7-3-5-14-6-4-8-21-19(14)16/h3-10,22H,11H2,1-2H3,(H,23,24). The average molecular weight is 340 g/mol. The minimum atomic E-state index is -0.156. The largest absolute Gasteiger partial charge is 0.374 e. The summed E-state index contributed by atoms with van der Waals surface area (Å²) < 4.78 is 0. The highest BCUT2D eigenvalue weighted by atomic mass is 35.5. The molecule has 0 aliphatic rings. The lowest BCUT2D eigenvalue weighted by molar-refractivity contribution is -0.114. The molecule has 0 bridgehead atoms. The number of hydrogen-bond acceptors (Lipinski definition) is 3. The molecule has 1 amide bonds. The van der Waals surface area contributed by atoms with Gasteiger partial charge in [-0.05, 0) is 43.2 Å². The van der Waals surface area contributed by atoms with Gasteiger partial charge in [0.25, 0.3) is 0 Å². The van der Waals surface area contributed by atoms with Crippen LogP contribution in [0.5, 0.6) is 0 Å². The van der Waals surface area contributed by atoms with Crippen molar-refractivity contribution in [2.45, 2.75) is 13.8 Å². The van der Waals surface area contributed by atoms with Crippen LogP contribution >= 0.6 is 11.6 Å². The van der Waals surface area contributed by atoms with E-state index < -0.39 is 0 Å². The van der Waals surface area contributed by atoms with Gasteiger partial charge in [0.15, 0.2) is 0 Å². The molecule has 0 saturated heterocycles. The quantitative estimate of drug-likeness (QED) is 0.732. The number of aromatic nitrogens is 1. The second kappa shape index (κ2) is 6.89. The van der Waals surface area contributed by atoms with Crippen molar-refractivity contribution in [3.8, 4) is 0 Å². The highest BCUT2D eigenvalue weighted by molar-refractivity contribution is 6.34. The summed E-state index contributed by atoms with van der Waals surface area (Å²) in [7, 11) is 0. The van der Waals surface area contributed by atoms with E-state index in [1.807, 2.05) is 56.3 Å². The molecule has 0 spiro atoms. The molecule has 2 N–H and O–H groups in total. The summed E-state index contributed by atoms with van der Waals surface area (Å²) in [6.07, 6.45) is 1.74. The number of para-hydroxylation sites is 1. The molecule has 1 aromatic heterocycles. The fourth-order valence-corrected chi connectivity index (χ4v) is 3.05. The van der Waals surface area contributed by atoms with Gasteiger partial charge in [-0.1, -0.05) is 35.9 Å². The average Bonchev–Trinajstić information content (AvgIpc) is 2.56. The Morgan fingerprint density at radius 1 is 1.17 bits per heavy atom. The molecule has 5 heteroatoms. The molecule has 3 rings (SSSR count). The first-order chi connectivity index (χ1) is 11.5. The lowest BCUT2D eigenvalue weighted by Crippen LogP contribution is -2.22. The Balaban J connectivity index is 1.72. The van der Waals surface area contributed by atoms with E-state index in [4.69, 9.17) is 11.6 Å². The second-order valence-electron chi connectivity index (χ2n) is 5.72. The summed E-state index contributed by atoms with van der Waals surface area (Å²) in [5.41, 5.74) is 4.34. The Hall–Kier alpha value is -2.59. The number of pyridine rings is 1. The lowest BCUT2D eigenvalue weighted by Gasteiger charge is -2.13. The number of rotatable bonds is 4. The Bertz CT molecular complexity index is 880. The summed E-state index contributed by atoms with van der Waals surface area (Å²) in [6, 6.07) is 13.5. The smallest absolute Gasteiger partial charge is 0.243 e. The molecule has 24 heavy (non-hydrogen) atoms. The predicted octanol–water partition coefficient (Wildman–Crippen LogP) is 4.56. The first-order valence-electron chi connectivity index (χ1n) is 7.69. The number of aryl methyl sites for hydroxylation is 2. The Kier molecular flexibility index (Phi) is 4.67. The van der Waals surface area contributed by atoms with E-state index >= 15 is 0 Å². The summed E-state index contributed by atoms with van der Waals surface area (Å²) in [4.78, 5) is 16.6. The number of nitrogens with zero attached hydrogens (tertiary/aromatic N) is 1. The van der Waals surface area contributed by atoms with Gasteiger partial charge in [0.05, 0.1) is 28.5 Å². The van der Waals surface area contributed by atoms with Crippen LogP contribution in [0.25, 0.3) is 10.9 Å². The topological polar surface area (TPSA) is 54.0 Å². The molecule has 0 aliphatic heterocycles. The lowest BCUT2D eigenvalue weighted by atomic mass is 10.1. The normalized spacial score (nSPS) is 10.6. The zero-order valence-corrected chi connectivity index (χ0v) is 14.3. The van der Waals surface area contributed by atoms with Crippen LogP contribution in [-0.4, -0.2) is 17.4 Å². The summed E-state index contributed by atoms with van der Waals surface area (Å²) >= 11 is 6.23. The third kappa shape index (κ3) is 3.49. The highest BCUT2D eigenvalue weighted by Gasteiger charge is 2.10. The monoisotopic (exact) mass is 339 g/mol. The van der Waals surface area contributed by atoms with Crippen LogP contribution in [0.2, 0.25) is 5.02 Å². The molecule has 0 aliphatic carbocycles. The van der Waals surface area contributed by atoms with Gasteiger partial charge in [0.1, 0.15) is 0 Å². The summed E-state index contributed by atoms with van der Waals surface area (Å²) in [5, 5.41) is 7.59. The van der Waals surface area contributed by atoms with E-state index in [0.717, 1.165) is 27.7 Å². The van der Waals surface area contributed by atoms with Crippen molar-refractivity contribution in [2.24, 2.45) is 0 Å². The first kappa shape index (κ1) is 16.3. The number of anilines is 2. The predicted molar refractivity (Wildman–Crippen MR) is 99.8 cm³/mol. The minimum absolute atomic E-state index is 0.138. The number of halogens is 1. The van der Waals surface area contributed by atoms with Crippen molar-refractivity contribution in [1.82, 2.24) is 4.98 Å². The van der Waals surface area contributed by atoms with E-state index in [1.54, 1.807) is 6.20 Å².